The van der Waals surface area contributed by atoms with Gasteiger partial charge in [-0.25, -0.2) is 0 Å². The predicted molar refractivity (Wildman–Crippen MR) is 133 cm³/mol. The van der Waals surface area contributed by atoms with Crippen molar-refractivity contribution in [3.63, 3.8) is 0 Å². The van der Waals surface area contributed by atoms with Gasteiger partial charge < -0.3 is 14.6 Å². The summed E-state index contributed by atoms with van der Waals surface area (Å²) in [5.41, 5.74) is -0.460. The van der Waals surface area contributed by atoms with Gasteiger partial charge in [0.05, 0.1) is 0 Å². The number of hydrogen-bond acceptors (Lipinski definition) is 3. The average molecular weight is 441 g/mol. The number of para-hydroxylation sites is 2. The van der Waals surface area contributed by atoms with Crippen LogP contribution in [0, 0.1) is 0 Å². The minimum absolute atomic E-state index is 0.143. The lowest BCUT2D eigenvalue weighted by Gasteiger charge is -2.39. The largest absolute Gasteiger partial charge is 0.491 e. The van der Waals surface area contributed by atoms with Crippen molar-refractivity contribution in [1.29, 1.82) is 0 Å². The molecule has 4 aromatic carbocycles. The molecule has 0 radical (unpaired) electrons. The van der Waals surface area contributed by atoms with Crippen LogP contribution in [0.15, 0.2) is 121 Å². The van der Waals surface area contributed by atoms with Gasteiger partial charge in [-0.15, -0.1) is 0 Å². The summed E-state index contributed by atoms with van der Waals surface area (Å²) in [6, 6.07) is 40.1. The normalized spacial score (nSPS) is 13.2. The second-order valence-electron chi connectivity index (χ2n) is 7.98. The second kappa shape index (κ2) is 10.3. The summed E-state index contributed by atoms with van der Waals surface area (Å²) in [5.74, 6) is 1.47. The third kappa shape index (κ3) is 4.93. The van der Waals surface area contributed by atoms with Gasteiger partial charge in [-0.05, 0) is 24.3 Å². The zero-order chi connectivity index (χ0) is 22.2. The molecule has 0 aliphatic carbocycles. The van der Waals surface area contributed by atoms with Crippen LogP contribution >= 0.6 is 0 Å². The Bertz CT molecular complexity index is 1030. The van der Waals surface area contributed by atoms with Gasteiger partial charge in [0.2, 0.25) is 0 Å². The summed E-state index contributed by atoms with van der Waals surface area (Å²) in [6.45, 7) is 2.40. The van der Waals surface area contributed by atoms with Crippen molar-refractivity contribution in [2.75, 3.05) is 6.61 Å². The van der Waals surface area contributed by atoms with Gasteiger partial charge in [0.15, 0.2) is 8.07 Å². The second-order valence-corrected chi connectivity index (χ2v) is 12.1. The smallest absolute Gasteiger partial charge is 0.164 e. The summed E-state index contributed by atoms with van der Waals surface area (Å²) >= 11 is 0. The quantitative estimate of drug-likeness (QED) is 0.394. The van der Waals surface area contributed by atoms with Crippen LogP contribution in [0.1, 0.15) is 0 Å². The molecule has 0 spiro atoms. The fourth-order valence-electron chi connectivity index (χ4n) is 4.08. The van der Waals surface area contributed by atoms with Gasteiger partial charge in [0, 0.05) is 0 Å². The van der Waals surface area contributed by atoms with E-state index in [9.17, 15) is 5.11 Å². The summed E-state index contributed by atoms with van der Waals surface area (Å²) < 4.78 is 12.5. The van der Waals surface area contributed by atoms with E-state index in [1.807, 2.05) is 72.8 Å². The van der Waals surface area contributed by atoms with Crippen LogP contribution in [0.2, 0.25) is 6.55 Å². The zero-order valence-corrected chi connectivity index (χ0v) is 19.2. The molecule has 2 atom stereocenters. The van der Waals surface area contributed by atoms with Crippen molar-refractivity contribution in [2.45, 2.75) is 18.4 Å². The van der Waals surface area contributed by atoms with Crippen molar-refractivity contribution >= 4 is 18.4 Å². The van der Waals surface area contributed by atoms with Gasteiger partial charge in [0.1, 0.15) is 29.9 Å². The Morgan fingerprint density at radius 1 is 0.625 bits per heavy atom. The molecular weight excluding hydrogens is 412 g/mol. The number of benzene rings is 4. The Hall–Kier alpha value is -3.34. The maximum Gasteiger partial charge on any atom is 0.164 e. The Balaban J connectivity index is 1.74. The van der Waals surface area contributed by atoms with Gasteiger partial charge in [-0.1, -0.05) is 114 Å². The van der Waals surface area contributed by atoms with E-state index in [4.69, 9.17) is 9.47 Å². The standard InChI is InChI=1S/C28H28O3Si/c1-32(25-18-10-4-11-19-25,26-20-12-5-13-21-26)28(31-24-16-8-3-9-17-24)27(29)22-30-23-14-6-2-7-15-23/h2-21,27-29H,22H2,1H3. The summed E-state index contributed by atoms with van der Waals surface area (Å²) in [5, 5.41) is 13.9. The maximum absolute atomic E-state index is 11.5. The van der Waals surface area contributed by atoms with Crippen molar-refractivity contribution in [2.24, 2.45) is 0 Å². The van der Waals surface area contributed by atoms with E-state index in [2.05, 4.69) is 55.1 Å². The monoisotopic (exact) mass is 440 g/mol. The molecule has 4 aromatic rings. The van der Waals surface area contributed by atoms with Gasteiger partial charge >= 0.3 is 0 Å². The van der Waals surface area contributed by atoms with Crippen LogP contribution in [0.4, 0.5) is 0 Å². The molecule has 0 aliphatic heterocycles. The molecule has 4 rings (SSSR count). The third-order valence-electron chi connectivity index (χ3n) is 5.84. The van der Waals surface area contributed by atoms with E-state index in [-0.39, 0.29) is 6.61 Å². The van der Waals surface area contributed by atoms with Crippen molar-refractivity contribution in [3.05, 3.63) is 121 Å². The Kier molecular flexibility index (Phi) is 7.05. The van der Waals surface area contributed by atoms with Crippen LogP contribution in [-0.2, 0) is 0 Å². The van der Waals surface area contributed by atoms with Crippen molar-refractivity contribution in [3.8, 4) is 11.5 Å². The molecule has 0 fully saturated rings. The average Bonchev–Trinajstić information content (AvgIpc) is 2.88. The third-order valence-corrected chi connectivity index (χ3v) is 10.5. The van der Waals surface area contributed by atoms with Crippen LogP contribution in [0.5, 0.6) is 11.5 Å². The highest BCUT2D eigenvalue weighted by atomic mass is 28.3. The Labute approximate surface area is 190 Å². The molecule has 0 heterocycles. The minimum Gasteiger partial charge on any atom is -0.491 e. The molecule has 0 bridgehead atoms. The molecule has 0 aromatic heterocycles. The molecule has 2 unspecified atom stereocenters. The molecule has 0 aliphatic rings. The first kappa shape index (κ1) is 21.9. The topological polar surface area (TPSA) is 38.7 Å². The van der Waals surface area contributed by atoms with E-state index >= 15 is 0 Å². The number of aliphatic hydroxyl groups excluding tert-OH is 1. The molecule has 3 nitrogen and oxygen atoms in total. The number of ether oxygens (including phenoxy) is 2. The van der Waals surface area contributed by atoms with E-state index in [1.165, 1.54) is 10.4 Å². The maximum atomic E-state index is 11.5. The van der Waals surface area contributed by atoms with Crippen LogP contribution in [0.3, 0.4) is 0 Å². The van der Waals surface area contributed by atoms with E-state index in [0.717, 1.165) is 11.5 Å². The summed E-state index contributed by atoms with van der Waals surface area (Å²) in [7, 11) is -2.57. The van der Waals surface area contributed by atoms with Gasteiger partial charge in [-0.2, -0.15) is 0 Å². The van der Waals surface area contributed by atoms with Gasteiger partial charge in [-0.3, -0.25) is 0 Å². The number of hydrogen-bond donors (Lipinski definition) is 1. The molecular formula is C28H28O3Si. The SMILES string of the molecule is C[Si](c1ccccc1)(c1ccccc1)C(Oc1ccccc1)C(O)COc1ccccc1. The molecule has 0 saturated heterocycles. The van der Waals surface area contributed by atoms with E-state index in [0.29, 0.717) is 0 Å². The highest BCUT2D eigenvalue weighted by Crippen LogP contribution is 2.22. The summed E-state index contributed by atoms with van der Waals surface area (Å²) in [6.07, 6.45) is -0.826. The number of rotatable bonds is 9. The first-order valence-corrected chi connectivity index (χ1v) is 13.4. The Morgan fingerprint density at radius 2 is 1.03 bits per heavy atom. The Morgan fingerprint density at radius 3 is 1.50 bits per heavy atom. The molecule has 32 heavy (non-hydrogen) atoms. The highest BCUT2D eigenvalue weighted by Gasteiger charge is 2.46. The first-order chi connectivity index (χ1) is 15.7. The van der Waals surface area contributed by atoms with Gasteiger partial charge in [0.25, 0.3) is 0 Å². The summed E-state index contributed by atoms with van der Waals surface area (Å²) in [4.78, 5) is 0. The molecule has 4 heteroatoms. The van der Waals surface area contributed by atoms with E-state index < -0.39 is 19.9 Å². The zero-order valence-electron chi connectivity index (χ0n) is 18.2. The minimum atomic E-state index is -2.57. The molecule has 162 valence electrons. The van der Waals surface area contributed by atoms with Crippen LogP contribution in [-0.4, -0.2) is 31.6 Å². The van der Waals surface area contributed by atoms with Crippen LogP contribution in [0.25, 0.3) is 0 Å². The molecule has 0 amide bonds. The van der Waals surface area contributed by atoms with Crippen LogP contribution < -0.4 is 19.8 Å². The molecule has 1 N–H and O–H groups in total. The lowest BCUT2D eigenvalue weighted by atomic mass is 10.3. The first-order valence-electron chi connectivity index (χ1n) is 10.9. The van der Waals surface area contributed by atoms with E-state index in [1.54, 1.807) is 0 Å². The van der Waals surface area contributed by atoms with Crippen molar-refractivity contribution < 1.29 is 14.6 Å². The molecule has 0 saturated carbocycles. The number of aliphatic hydroxyl groups is 1. The highest BCUT2D eigenvalue weighted by molar-refractivity contribution is 7.02. The predicted octanol–water partition coefficient (Wildman–Crippen LogP) is 4.31. The van der Waals surface area contributed by atoms with Crippen molar-refractivity contribution in [1.82, 2.24) is 0 Å². The fraction of sp³-hybridized carbons (Fsp3) is 0.143. The lowest BCUT2D eigenvalue weighted by molar-refractivity contribution is 0.0394. The lowest BCUT2D eigenvalue weighted by Crippen LogP contribution is -2.70. The fourth-order valence-corrected chi connectivity index (χ4v) is 8.07.